The number of benzene rings is 1. The third-order valence-corrected chi connectivity index (χ3v) is 3.97. The van der Waals surface area contributed by atoms with E-state index >= 15 is 0 Å². The first-order valence-corrected chi connectivity index (χ1v) is 8.05. The Balaban J connectivity index is 1.81. The van der Waals surface area contributed by atoms with Crippen molar-refractivity contribution < 1.29 is 4.74 Å². The van der Waals surface area contributed by atoms with Crippen LogP contribution in [0.3, 0.4) is 0 Å². The first-order valence-electron chi connectivity index (χ1n) is 8.05. The van der Waals surface area contributed by atoms with Gasteiger partial charge in [0.2, 0.25) is 0 Å². The molecule has 3 heterocycles. The Morgan fingerprint density at radius 2 is 1.92 bits per heavy atom. The van der Waals surface area contributed by atoms with Crippen molar-refractivity contribution in [1.82, 2.24) is 29.7 Å². The molecule has 8 nitrogen and oxygen atoms in total. The second-order valence-corrected chi connectivity index (χ2v) is 5.71. The molecule has 0 unspecified atom stereocenters. The highest BCUT2D eigenvalue weighted by Crippen LogP contribution is 2.29. The number of aromatic nitrogens is 6. The predicted octanol–water partition coefficient (Wildman–Crippen LogP) is 2.88. The number of ether oxygens (including phenoxy) is 1. The zero-order valence-electron chi connectivity index (χ0n) is 14.6. The van der Waals surface area contributed by atoms with Crippen molar-refractivity contribution >= 4 is 22.5 Å². The van der Waals surface area contributed by atoms with Crippen LogP contribution < -0.4 is 10.1 Å². The van der Waals surface area contributed by atoms with Gasteiger partial charge in [-0.2, -0.15) is 5.10 Å². The lowest BCUT2D eigenvalue weighted by atomic mass is 10.2. The summed E-state index contributed by atoms with van der Waals surface area (Å²) in [6.45, 7) is 1.83. The smallest absolute Gasteiger partial charge is 0.183 e. The fraction of sp³-hybridized carbons (Fsp3) is 0.167. The third kappa shape index (κ3) is 2.81. The Labute approximate surface area is 149 Å². The number of nitrogens with one attached hydrogen (secondary N) is 1. The molecule has 0 aliphatic carbocycles. The maximum Gasteiger partial charge on any atom is 0.183 e. The summed E-state index contributed by atoms with van der Waals surface area (Å²) in [5, 5.41) is 8.73. The molecule has 4 aromatic rings. The summed E-state index contributed by atoms with van der Waals surface area (Å²) in [6.07, 6.45) is 3.31. The Hall–Kier alpha value is -3.55. The lowest BCUT2D eigenvalue weighted by Crippen LogP contribution is -2.03. The van der Waals surface area contributed by atoms with Crippen LogP contribution >= 0.6 is 0 Å². The molecule has 26 heavy (non-hydrogen) atoms. The molecule has 0 radical (unpaired) electrons. The maximum absolute atomic E-state index is 5.37. The van der Waals surface area contributed by atoms with Gasteiger partial charge in [-0.25, -0.2) is 19.9 Å². The lowest BCUT2D eigenvalue weighted by molar-refractivity contribution is 0.413. The predicted molar refractivity (Wildman–Crippen MR) is 98.3 cm³/mol. The summed E-state index contributed by atoms with van der Waals surface area (Å²) in [5.74, 6) is 2.84. The quantitative estimate of drug-likeness (QED) is 0.607. The average molecular weight is 347 g/mol. The minimum Gasteiger partial charge on any atom is -0.491 e. The van der Waals surface area contributed by atoms with Crippen LogP contribution in [0.4, 0.5) is 11.6 Å². The molecule has 0 bridgehead atoms. The maximum atomic E-state index is 5.37. The van der Waals surface area contributed by atoms with E-state index < -0.39 is 0 Å². The highest BCUT2D eigenvalue weighted by molar-refractivity contribution is 5.91. The van der Waals surface area contributed by atoms with Gasteiger partial charge >= 0.3 is 0 Å². The topological polar surface area (TPSA) is 90.6 Å². The van der Waals surface area contributed by atoms with E-state index in [9.17, 15) is 0 Å². The van der Waals surface area contributed by atoms with Gasteiger partial charge in [0.25, 0.3) is 0 Å². The molecule has 1 N–H and O–H groups in total. The number of anilines is 2. The molecule has 0 fully saturated rings. The first-order chi connectivity index (χ1) is 12.7. The van der Waals surface area contributed by atoms with Crippen molar-refractivity contribution in [2.24, 2.45) is 7.05 Å². The summed E-state index contributed by atoms with van der Waals surface area (Å²) in [5.41, 5.74) is 1.73. The normalized spacial score (nSPS) is 10.9. The van der Waals surface area contributed by atoms with Gasteiger partial charge in [-0.05, 0) is 19.1 Å². The van der Waals surface area contributed by atoms with E-state index in [-0.39, 0.29) is 0 Å². The van der Waals surface area contributed by atoms with Crippen molar-refractivity contribution in [3.05, 3.63) is 48.5 Å². The highest BCUT2D eigenvalue weighted by atomic mass is 16.5. The molecule has 0 aliphatic heterocycles. The van der Waals surface area contributed by atoms with Crippen molar-refractivity contribution in [2.45, 2.75) is 6.92 Å². The Morgan fingerprint density at radius 3 is 2.73 bits per heavy atom. The van der Waals surface area contributed by atoms with E-state index in [1.807, 2.05) is 42.9 Å². The van der Waals surface area contributed by atoms with E-state index in [2.05, 4.69) is 30.4 Å². The summed E-state index contributed by atoms with van der Waals surface area (Å²) in [6, 6.07) is 9.74. The van der Waals surface area contributed by atoms with Crippen LogP contribution in [0.25, 0.3) is 22.4 Å². The van der Waals surface area contributed by atoms with E-state index in [0.29, 0.717) is 34.7 Å². The van der Waals surface area contributed by atoms with Gasteiger partial charge < -0.3 is 10.1 Å². The van der Waals surface area contributed by atoms with E-state index in [1.165, 1.54) is 0 Å². The van der Waals surface area contributed by atoms with E-state index in [0.717, 1.165) is 10.9 Å². The van der Waals surface area contributed by atoms with Gasteiger partial charge in [-0.15, -0.1) is 0 Å². The zero-order chi connectivity index (χ0) is 18.1. The average Bonchev–Trinajstić information content (AvgIpc) is 2.99. The largest absolute Gasteiger partial charge is 0.491 e. The Kier molecular flexibility index (Phi) is 3.92. The molecule has 4 rings (SSSR count). The number of nitrogens with zero attached hydrogens (tertiary/aromatic N) is 6. The number of methoxy groups -OCH3 is 1. The van der Waals surface area contributed by atoms with Crippen molar-refractivity contribution in [3.63, 3.8) is 0 Å². The molecule has 1 aromatic carbocycles. The van der Waals surface area contributed by atoms with Crippen LogP contribution in [0, 0.1) is 6.92 Å². The molecule has 0 saturated carbocycles. The monoisotopic (exact) mass is 347 g/mol. The Bertz CT molecular complexity index is 1090. The molecule has 0 amide bonds. The molecule has 0 saturated heterocycles. The summed E-state index contributed by atoms with van der Waals surface area (Å²) in [4.78, 5) is 17.5. The summed E-state index contributed by atoms with van der Waals surface area (Å²) >= 11 is 0. The first kappa shape index (κ1) is 15.9. The fourth-order valence-electron chi connectivity index (χ4n) is 2.75. The molecule has 130 valence electrons. The van der Waals surface area contributed by atoms with Gasteiger partial charge in [0, 0.05) is 18.6 Å². The zero-order valence-corrected chi connectivity index (χ0v) is 14.6. The van der Waals surface area contributed by atoms with Crippen LogP contribution in [0.1, 0.15) is 5.82 Å². The SMILES string of the molecule is COc1cnc(-c2nn(C)c3ccccc23)nc1Nc1ccnc(C)n1. The van der Waals surface area contributed by atoms with Crippen molar-refractivity contribution in [3.8, 4) is 17.3 Å². The minimum absolute atomic E-state index is 0.510. The van der Waals surface area contributed by atoms with Crippen molar-refractivity contribution in [1.29, 1.82) is 0 Å². The Morgan fingerprint density at radius 1 is 1.08 bits per heavy atom. The molecule has 0 aliphatic rings. The number of hydrogen-bond acceptors (Lipinski definition) is 7. The van der Waals surface area contributed by atoms with Gasteiger partial charge in [-0.1, -0.05) is 18.2 Å². The molecule has 0 spiro atoms. The fourth-order valence-corrected chi connectivity index (χ4v) is 2.75. The number of hydrogen-bond donors (Lipinski definition) is 1. The molecular formula is C18H17N7O. The lowest BCUT2D eigenvalue weighted by Gasteiger charge is -2.10. The molecule has 3 aromatic heterocycles. The standard InChI is InChI=1S/C18H17N7O/c1-11-19-9-8-15(21-11)22-17-14(26-3)10-20-18(23-17)16-12-6-4-5-7-13(12)25(2)24-16/h4-10H,1-3H3,(H,19,20,21,22,23). The minimum atomic E-state index is 0.510. The second kappa shape index (κ2) is 6.40. The number of rotatable bonds is 4. The van der Waals surface area contributed by atoms with Crippen LogP contribution in [-0.2, 0) is 7.05 Å². The van der Waals surface area contributed by atoms with Gasteiger partial charge in [0.15, 0.2) is 17.4 Å². The van der Waals surface area contributed by atoms with Gasteiger partial charge in [0.05, 0.1) is 18.8 Å². The van der Waals surface area contributed by atoms with Crippen molar-refractivity contribution in [2.75, 3.05) is 12.4 Å². The third-order valence-electron chi connectivity index (χ3n) is 3.97. The summed E-state index contributed by atoms with van der Waals surface area (Å²) < 4.78 is 7.19. The number of fused-ring (bicyclic) bond motifs is 1. The highest BCUT2D eigenvalue weighted by Gasteiger charge is 2.16. The molecular weight excluding hydrogens is 330 g/mol. The molecule has 0 atom stereocenters. The number of para-hydroxylation sites is 1. The second-order valence-electron chi connectivity index (χ2n) is 5.71. The summed E-state index contributed by atoms with van der Waals surface area (Å²) in [7, 11) is 3.48. The molecule has 8 heteroatoms. The van der Waals surface area contributed by atoms with Crippen LogP contribution in [0.2, 0.25) is 0 Å². The van der Waals surface area contributed by atoms with Crippen LogP contribution in [0.15, 0.2) is 42.7 Å². The number of aryl methyl sites for hydroxylation is 2. The van der Waals surface area contributed by atoms with E-state index in [4.69, 9.17) is 4.74 Å². The van der Waals surface area contributed by atoms with E-state index in [1.54, 1.807) is 25.6 Å². The van der Waals surface area contributed by atoms with Gasteiger partial charge in [0.1, 0.15) is 17.3 Å². The van der Waals surface area contributed by atoms with Crippen LogP contribution in [0.5, 0.6) is 5.75 Å². The van der Waals surface area contributed by atoms with Gasteiger partial charge in [-0.3, -0.25) is 4.68 Å². The van der Waals surface area contributed by atoms with Crippen LogP contribution in [-0.4, -0.2) is 36.8 Å².